The number of hydrogen-bond donors (Lipinski definition) is 1. The molecule has 1 aromatic rings. The first-order valence-electron chi connectivity index (χ1n) is 10.1. The molecule has 1 N–H and O–H groups in total. The van der Waals surface area contributed by atoms with Crippen molar-refractivity contribution in [1.29, 1.82) is 0 Å². The van der Waals surface area contributed by atoms with Gasteiger partial charge in [-0.1, -0.05) is 50.3 Å². The number of ketones is 1. The van der Waals surface area contributed by atoms with Crippen LogP contribution in [0.15, 0.2) is 36.4 Å². The van der Waals surface area contributed by atoms with Crippen molar-refractivity contribution in [2.24, 2.45) is 17.3 Å². The molecular weight excluding hydrogens is 322 g/mol. The second-order valence-electron chi connectivity index (χ2n) is 9.68. The van der Waals surface area contributed by atoms with Gasteiger partial charge in [0.1, 0.15) is 0 Å². The molecule has 3 aliphatic carbocycles. The summed E-state index contributed by atoms with van der Waals surface area (Å²) in [7, 11) is 0. The number of carbonyl (C=O) groups excluding carboxylic acids is 1. The predicted octanol–water partition coefficient (Wildman–Crippen LogP) is 3.57. The zero-order chi connectivity index (χ0) is 18.2. The van der Waals surface area contributed by atoms with Crippen LogP contribution >= 0.6 is 0 Å². The lowest BCUT2D eigenvalue weighted by Crippen LogP contribution is -2.50. The van der Waals surface area contributed by atoms with E-state index < -0.39 is 5.60 Å². The van der Waals surface area contributed by atoms with Gasteiger partial charge in [-0.05, 0) is 56.2 Å². The fourth-order valence-corrected chi connectivity index (χ4v) is 6.46. The van der Waals surface area contributed by atoms with Gasteiger partial charge in [-0.15, -0.1) is 0 Å². The van der Waals surface area contributed by atoms with Gasteiger partial charge in [-0.25, -0.2) is 0 Å². The smallest absolute Gasteiger partial charge is 0.169 e. The fourth-order valence-electron chi connectivity index (χ4n) is 6.46. The van der Waals surface area contributed by atoms with Crippen molar-refractivity contribution in [2.45, 2.75) is 50.5 Å². The van der Waals surface area contributed by atoms with Gasteiger partial charge in [-0.3, -0.25) is 4.79 Å². The van der Waals surface area contributed by atoms with Gasteiger partial charge in [0.25, 0.3) is 0 Å². The van der Waals surface area contributed by atoms with E-state index in [1.807, 2.05) is 18.2 Å². The molecule has 2 fully saturated rings. The molecule has 5 rings (SSSR count). The number of allylic oxidation sites excluding steroid dienone is 1. The van der Waals surface area contributed by atoms with E-state index >= 15 is 0 Å². The number of nitrogens with zero attached hydrogens (tertiary/aromatic N) is 1. The zero-order valence-corrected chi connectivity index (χ0v) is 15.9. The molecular formula is C23H29NO2. The highest BCUT2D eigenvalue weighted by Crippen LogP contribution is 2.57. The Morgan fingerprint density at radius 3 is 2.54 bits per heavy atom. The van der Waals surface area contributed by atoms with E-state index in [4.69, 9.17) is 0 Å². The third-order valence-electron chi connectivity index (χ3n) is 8.12. The minimum Gasteiger partial charge on any atom is -0.386 e. The van der Waals surface area contributed by atoms with Crippen molar-refractivity contribution in [3.05, 3.63) is 47.5 Å². The molecule has 1 spiro atoms. The number of benzene rings is 1. The van der Waals surface area contributed by atoms with Crippen LogP contribution in [-0.4, -0.2) is 41.0 Å². The van der Waals surface area contributed by atoms with E-state index in [1.165, 1.54) is 5.56 Å². The normalized spacial score (nSPS) is 36.8. The summed E-state index contributed by atoms with van der Waals surface area (Å²) in [6, 6.07) is 8.29. The third kappa shape index (κ3) is 2.10. The predicted molar refractivity (Wildman–Crippen MR) is 102 cm³/mol. The molecule has 1 aliphatic heterocycles. The largest absolute Gasteiger partial charge is 0.386 e. The first-order valence-corrected chi connectivity index (χ1v) is 10.1. The molecule has 0 aromatic heterocycles. The molecule has 1 aromatic carbocycles. The Morgan fingerprint density at radius 2 is 1.88 bits per heavy atom. The van der Waals surface area contributed by atoms with Gasteiger partial charge >= 0.3 is 0 Å². The average molecular weight is 351 g/mol. The Kier molecular flexibility index (Phi) is 3.40. The Hall–Kier alpha value is -1.45. The highest BCUT2D eigenvalue weighted by Gasteiger charge is 2.58. The molecule has 0 radical (unpaired) electrons. The van der Waals surface area contributed by atoms with Crippen LogP contribution < -0.4 is 0 Å². The standard InChI is InChI=1S/C23H29NO2/c1-21(2)20(25)18-5-3-4-6-19(18)23(21)9-11-24(12-10-23)15-17-14-22(26)8-7-16(17)13-22/h3-8,16-17,26H,9-15H2,1-2H3/t16-,17-,22+/m1/s1. The topological polar surface area (TPSA) is 40.5 Å². The summed E-state index contributed by atoms with van der Waals surface area (Å²) in [5, 5.41) is 10.5. The zero-order valence-electron chi connectivity index (χ0n) is 15.9. The summed E-state index contributed by atoms with van der Waals surface area (Å²) in [5.74, 6) is 1.47. The molecule has 1 heterocycles. The van der Waals surface area contributed by atoms with Crippen molar-refractivity contribution in [3.8, 4) is 0 Å². The monoisotopic (exact) mass is 351 g/mol. The SMILES string of the molecule is CC1(C)C(=O)c2ccccc2C12CCN(C[C@H]1C[C@]3(O)C=C[C@@H]1C3)CC2. The van der Waals surface area contributed by atoms with Crippen molar-refractivity contribution in [2.75, 3.05) is 19.6 Å². The molecule has 2 bridgehead atoms. The van der Waals surface area contributed by atoms with Crippen molar-refractivity contribution in [1.82, 2.24) is 4.90 Å². The number of likely N-dealkylation sites (tertiary alicyclic amines) is 1. The maximum Gasteiger partial charge on any atom is 0.169 e. The molecule has 0 amide bonds. The highest BCUT2D eigenvalue weighted by molar-refractivity contribution is 6.06. The number of rotatable bonds is 2. The maximum atomic E-state index is 13.0. The van der Waals surface area contributed by atoms with Gasteiger partial charge in [0, 0.05) is 22.9 Å². The molecule has 3 heteroatoms. The molecule has 3 atom stereocenters. The van der Waals surface area contributed by atoms with Gasteiger partial charge in [0.05, 0.1) is 5.60 Å². The Balaban J connectivity index is 1.34. The van der Waals surface area contributed by atoms with E-state index in [0.29, 0.717) is 17.6 Å². The van der Waals surface area contributed by atoms with Crippen molar-refractivity contribution < 1.29 is 9.90 Å². The first-order chi connectivity index (χ1) is 12.3. The second kappa shape index (κ2) is 5.30. The Labute approximate surface area is 156 Å². The minimum atomic E-state index is -0.523. The molecule has 0 unspecified atom stereocenters. The summed E-state index contributed by atoms with van der Waals surface area (Å²) >= 11 is 0. The van der Waals surface area contributed by atoms with Crippen LogP contribution in [0, 0.1) is 17.3 Å². The van der Waals surface area contributed by atoms with E-state index in [2.05, 4.69) is 37.0 Å². The Morgan fingerprint density at radius 1 is 1.15 bits per heavy atom. The van der Waals surface area contributed by atoms with Crippen LogP contribution in [0.4, 0.5) is 0 Å². The minimum absolute atomic E-state index is 0.00996. The van der Waals surface area contributed by atoms with E-state index in [0.717, 1.165) is 50.9 Å². The summed E-state index contributed by atoms with van der Waals surface area (Å²) < 4.78 is 0. The Bertz CT molecular complexity index is 787. The summed E-state index contributed by atoms with van der Waals surface area (Å²) in [5.41, 5.74) is 1.39. The lowest BCUT2D eigenvalue weighted by molar-refractivity contribution is 0.0486. The van der Waals surface area contributed by atoms with Crippen LogP contribution in [0.2, 0.25) is 0 Å². The summed E-state index contributed by atoms with van der Waals surface area (Å²) in [4.78, 5) is 15.6. The van der Waals surface area contributed by atoms with E-state index in [-0.39, 0.29) is 10.8 Å². The fraction of sp³-hybridized carbons (Fsp3) is 0.609. The van der Waals surface area contributed by atoms with Crippen LogP contribution in [0.5, 0.6) is 0 Å². The molecule has 26 heavy (non-hydrogen) atoms. The van der Waals surface area contributed by atoms with Gasteiger partial charge in [0.2, 0.25) is 0 Å². The third-order valence-corrected chi connectivity index (χ3v) is 8.12. The van der Waals surface area contributed by atoms with Gasteiger partial charge in [-0.2, -0.15) is 0 Å². The average Bonchev–Trinajstić information content (AvgIpc) is 3.21. The number of hydrogen-bond acceptors (Lipinski definition) is 3. The number of Topliss-reactive ketones (excluding diaryl/α,β-unsaturated/α-hetero) is 1. The van der Waals surface area contributed by atoms with Crippen LogP contribution in [0.25, 0.3) is 0 Å². The molecule has 138 valence electrons. The lowest BCUT2D eigenvalue weighted by atomic mass is 9.60. The van der Waals surface area contributed by atoms with Crippen LogP contribution in [0.3, 0.4) is 0 Å². The number of aliphatic hydroxyl groups is 1. The quantitative estimate of drug-likeness (QED) is 0.828. The molecule has 1 saturated heterocycles. The number of fused-ring (bicyclic) bond motifs is 4. The van der Waals surface area contributed by atoms with Crippen LogP contribution in [0.1, 0.15) is 55.5 Å². The summed E-state index contributed by atoms with van der Waals surface area (Å²) in [6.45, 7) is 7.50. The number of piperidine rings is 1. The molecule has 1 saturated carbocycles. The summed E-state index contributed by atoms with van der Waals surface area (Å²) in [6.07, 6.45) is 8.20. The van der Waals surface area contributed by atoms with Crippen molar-refractivity contribution >= 4 is 5.78 Å². The van der Waals surface area contributed by atoms with Gasteiger partial charge < -0.3 is 10.0 Å². The highest BCUT2D eigenvalue weighted by atomic mass is 16.3. The number of carbonyl (C=O) groups is 1. The lowest BCUT2D eigenvalue weighted by Gasteiger charge is -2.47. The van der Waals surface area contributed by atoms with Gasteiger partial charge in [0.15, 0.2) is 5.78 Å². The molecule has 4 aliphatic rings. The van der Waals surface area contributed by atoms with Crippen molar-refractivity contribution in [3.63, 3.8) is 0 Å². The van der Waals surface area contributed by atoms with E-state index in [1.54, 1.807) is 0 Å². The maximum absolute atomic E-state index is 13.0. The molecule has 3 nitrogen and oxygen atoms in total. The second-order valence-corrected chi connectivity index (χ2v) is 9.68. The van der Waals surface area contributed by atoms with E-state index in [9.17, 15) is 9.90 Å². The first kappa shape index (κ1) is 16.7. The van der Waals surface area contributed by atoms with Crippen LogP contribution in [-0.2, 0) is 5.41 Å².